The van der Waals surface area contributed by atoms with Crippen LogP contribution in [-0.4, -0.2) is 23.1 Å². The lowest BCUT2D eigenvalue weighted by Gasteiger charge is -2.27. The molecule has 4 nitrogen and oxygen atoms in total. The molecule has 2 heterocycles. The van der Waals surface area contributed by atoms with Crippen LogP contribution in [0.4, 0.5) is 11.5 Å². The zero-order chi connectivity index (χ0) is 9.80. The molecule has 0 saturated carbocycles. The number of hydrogen-bond donors (Lipinski definition) is 2. The quantitative estimate of drug-likeness (QED) is 0.745. The first-order valence-electron chi connectivity index (χ1n) is 5.08. The second-order valence-corrected chi connectivity index (χ2v) is 3.64. The number of hydrazine groups is 1. The predicted molar refractivity (Wildman–Crippen MR) is 57.7 cm³/mol. The van der Waals surface area contributed by atoms with Gasteiger partial charge in [-0.1, -0.05) is 6.42 Å². The fourth-order valence-corrected chi connectivity index (χ4v) is 1.64. The maximum atomic E-state index is 5.56. The highest BCUT2D eigenvalue weighted by atomic mass is 15.5. The van der Waals surface area contributed by atoms with Crippen LogP contribution < -0.4 is 11.2 Å². The van der Waals surface area contributed by atoms with Crippen molar-refractivity contribution in [2.75, 3.05) is 24.2 Å². The Morgan fingerprint density at radius 1 is 1.21 bits per heavy atom. The monoisotopic (exact) mass is 192 g/mol. The van der Waals surface area contributed by atoms with Gasteiger partial charge in [0.2, 0.25) is 0 Å². The Morgan fingerprint density at radius 3 is 2.64 bits per heavy atom. The van der Waals surface area contributed by atoms with Crippen molar-refractivity contribution in [2.24, 2.45) is 0 Å². The number of aromatic nitrogens is 1. The Bertz CT molecular complexity index is 277. The van der Waals surface area contributed by atoms with Gasteiger partial charge in [0.15, 0.2) is 0 Å². The summed E-state index contributed by atoms with van der Waals surface area (Å²) in [6, 6.07) is 3.77. The van der Waals surface area contributed by atoms with Gasteiger partial charge in [0.25, 0.3) is 0 Å². The smallest absolute Gasteiger partial charge is 0.140 e. The van der Waals surface area contributed by atoms with Crippen LogP contribution in [0.1, 0.15) is 19.3 Å². The lowest BCUT2D eigenvalue weighted by molar-refractivity contribution is 0.272. The molecule has 0 aromatic carbocycles. The van der Waals surface area contributed by atoms with Gasteiger partial charge in [-0.25, -0.2) is 9.99 Å². The lowest BCUT2D eigenvalue weighted by atomic mass is 10.2. The molecule has 1 aromatic rings. The zero-order valence-electron chi connectivity index (χ0n) is 8.24. The highest BCUT2D eigenvalue weighted by Crippen LogP contribution is 2.11. The molecule has 0 radical (unpaired) electrons. The number of nitrogens with zero attached hydrogens (tertiary/aromatic N) is 2. The third-order valence-corrected chi connectivity index (χ3v) is 2.42. The first-order chi connectivity index (χ1) is 6.84. The van der Waals surface area contributed by atoms with Crippen molar-refractivity contribution in [1.82, 2.24) is 9.99 Å². The molecule has 0 amide bonds. The van der Waals surface area contributed by atoms with Crippen LogP contribution in [0.5, 0.6) is 0 Å². The van der Waals surface area contributed by atoms with Gasteiger partial charge in [-0.2, -0.15) is 0 Å². The van der Waals surface area contributed by atoms with Gasteiger partial charge in [0.05, 0.1) is 11.9 Å². The second-order valence-electron chi connectivity index (χ2n) is 3.64. The lowest BCUT2D eigenvalue weighted by Crippen LogP contribution is -2.35. The van der Waals surface area contributed by atoms with E-state index in [1.165, 1.54) is 19.3 Å². The van der Waals surface area contributed by atoms with Gasteiger partial charge in [-0.05, 0) is 25.0 Å². The Hall–Kier alpha value is -1.29. The van der Waals surface area contributed by atoms with Crippen molar-refractivity contribution < 1.29 is 0 Å². The minimum atomic E-state index is 0.703. The summed E-state index contributed by atoms with van der Waals surface area (Å²) in [5, 5.41) is 2.21. The van der Waals surface area contributed by atoms with Crippen LogP contribution in [0.2, 0.25) is 0 Å². The van der Waals surface area contributed by atoms with Crippen LogP contribution in [0.25, 0.3) is 0 Å². The molecule has 0 bridgehead atoms. The molecule has 0 aliphatic carbocycles. The summed E-state index contributed by atoms with van der Waals surface area (Å²) in [5.41, 5.74) is 9.53. The molecule has 2 rings (SSSR count). The molecule has 0 atom stereocenters. The number of rotatable bonds is 2. The van der Waals surface area contributed by atoms with Crippen LogP contribution in [0.15, 0.2) is 18.3 Å². The highest BCUT2D eigenvalue weighted by Gasteiger charge is 2.09. The minimum absolute atomic E-state index is 0.703. The number of anilines is 2. The Labute approximate surface area is 84.1 Å². The van der Waals surface area contributed by atoms with E-state index in [-0.39, 0.29) is 0 Å². The highest BCUT2D eigenvalue weighted by molar-refractivity contribution is 5.43. The molecule has 1 aliphatic heterocycles. The molecule has 1 aromatic heterocycles. The number of piperidine rings is 1. The summed E-state index contributed by atoms with van der Waals surface area (Å²) in [4.78, 5) is 4.19. The number of hydrogen-bond acceptors (Lipinski definition) is 4. The molecule has 3 N–H and O–H groups in total. The third kappa shape index (κ3) is 2.35. The van der Waals surface area contributed by atoms with Gasteiger partial charge in [-0.3, -0.25) is 0 Å². The van der Waals surface area contributed by atoms with Crippen LogP contribution in [0.3, 0.4) is 0 Å². The first-order valence-corrected chi connectivity index (χ1v) is 5.08. The Kier molecular flexibility index (Phi) is 2.84. The number of nitrogen functional groups attached to an aromatic ring is 1. The molecule has 4 heteroatoms. The van der Waals surface area contributed by atoms with Gasteiger partial charge in [-0.15, -0.1) is 0 Å². The maximum Gasteiger partial charge on any atom is 0.140 e. The summed E-state index contributed by atoms with van der Waals surface area (Å²) < 4.78 is 0. The van der Waals surface area contributed by atoms with Crippen LogP contribution >= 0.6 is 0 Å². The standard InChI is InChI=1S/C10H16N4/c11-9-4-5-10(12-8-9)13-14-6-2-1-3-7-14/h4-5,8H,1-3,6-7,11H2,(H,12,13). The van der Waals surface area contributed by atoms with E-state index in [9.17, 15) is 0 Å². The van der Waals surface area contributed by atoms with E-state index in [1.807, 2.05) is 12.1 Å². The first kappa shape index (κ1) is 9.27. The molecule has 1 saturated heterocycles. The van der Waals surface area contributed by atoms with Gasteiger partial charge in [0.1, 0.15) is 5.82 Å². The third-order valence-electron chi connectivity index (χ3n) is 2.42. The summed E-state index contributed by atoms with van der Waals surface area (Å²) in [7, 11) is 0. The molecule has 14 heavy (non-hydrogen) atoms. The van der Waals surface area contributed by atoms with E-state index in [0.717, 1.165) is 18.9 Å². The van der Waals surface area contributed by atoms with E-state index in [0.29, 0.717) is 5.69 Å². The van der Waals surface area contributed by atoms with E-state index in [1.54, 1.807) is 6.20 Å². The fourth-order valence-electron chi connectivity index (χ4n) is 1.64. The van der Waals surface area contributed by atoms with Gasteiger partial charge < -0.3 is 11.2 Å². The van der Waals surface area contributed by atoms with E-state index >= 15 is 0 Å². The van der Waals surface area contributed by atoms with Crippen LogP contribution in [-0.2, 0) is 0 Å². The van der Waals surface area contributed by atoms with Gasteiger partial charge >= 0.3 is 0 Å². The molecule has 0 spiro atoms. The van der Waals surface area contributed by atoms with Crippen molar-refractivity contribution in [2.45, 2.75) is 19.3 Å². The molecular weight excluding hydrogens is 176 g/mol. The Balaban J connectivity index is 1.92. The van der Waals surface area contributed by atoms with Crippen molar-refractivity contribution in [3.05, 3.63) is 18.3 Å². The minimum Gasteiger partial charge on any atom is -0.397 e. The van der Waals surface area contributed by atoms with Crippen molar-refractivity contribution in [1.29, 1.82) is 0 Å². The molecule has 0 unspecified atom stereocenters. The van der Waals surface area contributed by atoms with Crippen molar-refractivity contribution in [3.8, 4) is 0 Å². The fraction of sp³-hybridized carbons (Fsp3) is 0.500. The topological polar surface area (TPSA) is 54.2 Å². The molecular formula is C10H16N4. The average Bonchev–Trinajstić information content (AvgIpc) is 2.23. The predicted octanol–water partition coefficient (Wildman–Crippen LogP) is 1.48. The van der Waals surface area contributed by atoms with Gasteiger partial charge in [0, 0.05) is 13.1 Å². The summed E-state index contributed by atoms with van der Waals surface area (Å²) in [6.07, 6.45) is 5.55. The summed E-state index contributed by atoms with van der Waals surface area (Å²) >= 11 is 0. The summed E-state index contributed by atoms with van der Waals surface area (Å²) in [6.45, 7) is 2.21. The van der Waals surface area contributed by atoms with E-state index < -0.39 is 0 Å². The molecule has 1 fully saturated rings. The number of pyridine rings is 1. The summed E-state index contributed by atoms with van der Waals surface area (Å²) in [5.74, 6) is 0.876. The largest absolute Gasteiger partial charge is 0.397 e. The van der Waals surface area contributed by atoms with Crippen molar-refractivity contribution >= 4 is 11.5 Å². The van der Waals surface area contributed by atoms with E-state index in [4.69, 9.17) is 5.73 Å². The van der Waals surface area contributed by atoms with E-state index in [2.05, 4.69) is 15.4 Å². The van der Waals surface area contributed by atoms with Crippen molar-refractivity contribution in [3.63, 3.8) is 0 Å². The normalized spacial score (nSPS) is 18.0. The molecule has 76 valence electrons. The van der Waals surface area contributed by atoms with Crippen LogP contribution in [0, 0.1) is 0 Å². The SMILES string of the molecule is Nc1ccc(NN2CCCCC2)nc1. The maximum absolute atomic E-state index is 5.56. The zero-order valence-corrected chi connectivity index (χ0v) is 8.24. The average molecular weight is 192 g/mol. The number of nitrogens with two attached hydrogens (primary N) is 1. The second kappa shape index (κ2) is 4.28. The number of nitrogens with one attached hydrogen (secondary N) is 1. The Morgan fingerprint density at radius 2 is 2.00 bits per heavy atom. The molecule has 1 aliphatic rings.